The van der Waals surface area contributed by atoms with Crippen LogP contribution in [0, 0.1) is 0 Å². The number of benzene rings is 1. The number of ether oxygens (including phenoxy) is 2. The maximum Gasteiger partial charge on any atom is 0.422 e. The number of carbonyl (C=O) groups is 1. The van der Waals surface area contributed by atoms with Crippen LogP contribution >= 0.6 is 15.9 Å². The van der Waals surface area contributed by atoms with Crippen LogP contribution < -0.4 is 4.74 Å². The van der Waals surface area contributed by atoms with E-state index in [9.17, 15) is 18.0 Å². The lowest BCUT2D eigenvalue weighted by Gasteiger charge is -2.32. The van der Waals surface area contributed by atoms with Gasteiger partial charge in [-0.05, 0) is 51.8 Å². The van der Waals surface area contributed by atoms with Gasteiger partial charge in [0.15, 0.2) is 6.61 Å². The molecule has 0 aliphatic heterocycles. The molecule has 0 spiro atoms. The zero-order valence-electron chi connectivity index (χ0n) is 15.7. The van der Waals surface area contributed by atoms with Gasteiger partial charge in [0.25, 0.3) is 0 Å². The van der Waals surface area contributed by atoms with E-state index in [1.54, 1.807) is 37.8 Å². The summed E-state index contributed by atoms with van der Waals surface area (Å²) >= 11 is 3.33. The number of hydrogen-bond donors (Lipinski definition) is 0. The maximum atomic E-state index is 12.7. The quantitative estimate of drug-likeness (QED) is 0.545. The lowest BCUT2D eigenvalue weighted by Crippen LogP contribution is -2.42. The number of nitrogens with zero attached hydrogens (tertiary/aromatic N) is 1. The molecule has 1 aliphatic carbocycles. The average Bonchev–Trinajstić information content (AvgIpc) is 3.03. The predicted octanol–water partition coefficient (Wildman–Crippen LogP) is 6.07. The van der Waals surface area contributed by atoms with Crippen LogP contribution in [0.3, 0.4) is 0 Å². The monoisotopic (exact) mass is 451 g/mol. The molecule has 0 aromatic heterocycles. The van der Waals surface area contributed by atoms with Crippen molar-refractivity contribution in [1.82, 2.24) is 4.90 Å². The Morgan fingerprint density at radius 1 is 1.22 bits per heavy atom. The molecule has 4 nitrogen and oxygen atoms in total. The van der Waals surface area contributed by atoms with E-state index in [0.29, 0.717) is 10.0 Å². The molecule has 1 amide bonds. The molecule has 1 fully saturated rings. The summed E-state index contributed by atoms with van der Waals surface area (Å²) < 4.78 is 48.9. The summed E-state index contributed by atoms with van der Waals surface area (Å²) in [7, 11) is 0. The van der Waals surface area contributed by atoms with E-state index in [0.717, 1.165) is 25.7 Å². The van der Waals surface area contributed by atoms with Crippen molar-refractivity contribution in [2.24, 2.45) is 0 Å². The molecule has 0 N–H and O–H groups in total. The normalized spacial score (nSPS) is 15.7. The zero-order chi connectivity index (χ0) is 20.2. The lowest BCUT2D eigenvalue weighted by atomic mass is 10.1. The van der Waals surface area contributed by atoms with Crippen molar-refractivity contribution in [1.29, 1.82) is 0 Å². The molecule has 8 heteroatoms. The predicted molar refractivity (Wildman–Crippen MR) is 99.7 cm³/mol. The van der Waals surface area contributed by atoms with Gasteiger partial charge < -0.3 is 14.4 Å². The number of amides is 1. The molecule has 27 heavy (non-hydrogen) atoms. The van der Waals surface area contributed by atoms with Crippen molar-refractivity contribution >= 4 is 22.0 Å². The molecule has 2 rings (SSSR count). The van der Waals surface area contributed by atoms with Crippen LogP contribution in [0.1, 0.15) is 52.0 Å². The van der Waals surface area contributed by atoms with Crippen LogP contribution in [-0.4, -0.2) is 35.4 Å². The van der Waals surface area contributed by atoms with Crippen molar-refractivity contribution in [2.45, 2.75) is 70.8 Å². The summed E-state index contributed by atoms with van der Waals surface area (Å²) in [5, 5.41) is 0. The summed E-state index contributed by atoms with van der Waals surface area (Å²) in [5.74, 6) is 0.113. The highest BCUT2D eigenvalue weighted by Crippen LogP contribution is 2.31. The van der Waals surface area contributed by atoms with Gasteiger partial charge in [-0.25, -0.2) is 4.79 Å². The first-order valence-electron chi connectivity index (χ1n) is 8.92. The van der Waals surface area contributed by atoms with Crippen LogP contribution in [0.15, 0.2) is 22.7 Å². The first-order valence-corrected chi connectivity index (χ1v) is 9.71. The Bertz CT molecular complexity index is 653. The van der Waals surface area contributed by atoms with E-state index in [4.69, 9.17) is 9.47 Å². The van der Waals surface area contributed by atoms with E-state index >= 15 is 0 Å². The minimum atomic E-state index is -4.43. The lowest BCUT2D eigenvalue weighted by molar-refractivity contribution is -0.153. The Balaban J connectivity index is 2.25. The molecule has 0 heterocycles. The van der Waals surface area contributed by atoms with Crippen LogP contribution in [-0.2, 0) is 11.3 Å². The van der Waals surface area contributed by atoms with Crippen molar-refractivity contribution in [3.05, 3.63) is 28.2 Å². The molecule has 1 saturated carbocycles. The minimum absolute atomic E-state index is 0.00861. The number of carbonyl (C=O) groups excluding carboxylic acids is 1. The smallest absolute Gasteiger partial charge is 0.422 e. The van der Waals surface area contributed by atoms with Crippen LogP contribution in [0.4, 0.5) is 18.0 Å². The second-order valence-electron chi connectivity index (χ2n) is 7.70. The molecule has 0 atom stereocenters. The van der Waals surface area contributed by atoms with Gasteiger partial charge in [-0.2, -0.15) is 13.2 Å². The SMILES string of the molecule is CC(C)(C)OC(=O)N(Cc1cc(Br)ccc1OCC(F)(F)F)C1CCCC1. The van der Waals surface area contributed by atoms with Crippen molar-refractivity contribution in [3.8, 4) is 5.75 Å². The Morgan fingerprint density at radius 3 is 2.41 bits per heavy atom. The second-order valence-corrected chi connectivity index (χ2v) is 8.62. The highest BCUT2D eigenvalue weighted by Gasteiger charge is 2.32. The van der Waals surface area contributed by atoms with Gasteiger partial charge in [0, 0.05) is 16.1 Å². The molecular weight excluding hydrogens is 427 g/mol. The van der Waals surface area contributed by atoms with Gasteiger partial charge in [0.05, 0.1) is 6.54 Å². The van der Waals surface area contributed by atoms with Gasteiger partial charge >= 0.3 is 12.3 Å². The molecule has 152 valence electrons. The second kappa shape index (κ2) is 8.71. The molecular formula is C19H25BrF3NO3. The van der Waals surface area contributed by atoms with Crippen LogP contribution in [0.5, 0.6) is 5.75 Å². The summed E-state index contributed by atoms with van der Waals surface area (Å²) in [5.41, 5.74) is -0.146. The number of hydrogen-bond acceptors (Lipinski definition) is 3. The average molecular weight is 452 g/mol. The van der Waals surface area contributed by atoms with Crippen LogP contribution in [0.2, 0.25) is 0 Å². The highest BCUT2D eigenvalue weighted by molar-refractivity contribution is 9.10. The molecule has 0 unspecified atom stereocenters. The third-order valence-electron chi connectivity index (χ3n) is 4.15. The third-order valence-corrected chi connectivity index (χ3v) is 4.64. The fourth-order valence-corrected chi connectivity index (χ4v) is 3.44. The first-order chi connectivity index (χ1) is 12.4. The standard InChI is InChI=1S/C19H25BrF3NO3/c1-18(2,3)27-17(25)24(15-6-4-5-7-15)11-13-10-14(20)8-9-16(13)26-12-19(21,22)23/h8-10,15H,4-7,11-12H2,1-3H3. The Morgan fingerprint density at radius 2 is 1.85 bits per heavy atom. The summed E-state index contributed by atoms with van der Waals surface area (Å²) in [4.78, 5) is 14.3. The van der Waals surface area contributed by atoms with Crippen molar-refractivity contribution in [3.63, 3.8) is 0 Å². The number of rotatable bonds is 5. The largest absolute Gasteiger partial charge is 0.484 e. The molecule has 0 saturated heterocycles. The summed E-state index contributed by atoms with van der Waals surface area (Å²) in [6.07, 6.45) is -1.16. The first kappa shape index (κ1) is 21.9. The topological polar surface area (TPSA) is 38.8 Å². The third kappa shape index (κ3) is 7.24. The Hall–Kier alpha value is -1.44. The fraction of sp³-hybridized carbons (Fsp3) is 0.632. The van der Waals surface area contributed by atoms with Crippen molar-refractivity contribution < 1.29 is 27.4 Å². The molecule has 0 radical (unpaired) electrons. The van der Waals surface area contributed by atoms with Crippen LogP contribution in [0.25, 0.3) is 0 Å². The minimum Gasteiger partial charge on any atom is -0.484 e. The summed E-state index contributed by atoms with van der Waals surface area (Å²) in [6, 6.07) is 4.78. The number of alkyl halides is 3. The molecule has 0 bridgehead atoms. The van der Waals surface area contributed by atoms with E-state index in [1.807, 2.05) is 0 Å². The van der Waals surface area contributed by atoms with Gasteiger partial charge in [-0.1, -0.05) is 28.8 Å². The molecule has 1 aliphatic rings. The summed E-state index contributed by atoms with van der Waals surface area (Å²) in [6.45, 7) is 4.11. The van der Waals surface area contributed by atoms with E-state index in [1.165, 1.54) is 6.07 Å². The molecule has 1 aromatic rings. The zero-order valence-corrected chi connectivity index (χ0v) is 17.3. The van der Waals surface area contributed by atoms with Crippen molar-refractivity contribution in [2.75, 3.05) is 6.61 Å². The molecule has 1 aromatic carbocycles. The van der Waals surface area contributed by atoms with Gasteiger partial charge in [0.2, 0.25) is 0 Å². The van der Waals surface area contributed by atoms with E-state index in [-0.39, 0.29) is 18.3 Å². The van der Waals surface area contributed by atoms with Gasteiger partial charge in [-0.15, -0.1) is 0 Å². The Labute approximate surface area is 166 Å². The van der Waals surface area contributed by atoms with Gasteiger partial charge in [0.1, 0.15) is 11.4 Å². The maximum absolute atomic E-state index is 12.7. The number of halogens is 4. The Kier molecular flexibility index (Phi) is 7.05. The highest BCUT2D eigenvalue weighted by atomic mass is 79.9. The van der Waals surface area contributed by atoms with E-state index < -0.39 is 24.5 Å². The fourth-order valence-electron chi connectivity index (χ4n) is 3.03. The van der Waals surface area contributed by atoms with Gasteiger partial charge in [-0.3, -0.25) is 0 Å². The van der Waals surface area contributed by atoms with E-state index in [2.05, 4.69) is 15.9 Å².